The molecule has 0 spiro atoms. The second-order valence-electron chi connectivity index (χ2n) is 11.0. The predicted molar refractivity (Wildman–Crippen MR) is 156 cm³/mol. The second kappa shape index (κ2) is 10.8. The molecule has 1 aliphatic rings. The third-order valence-corrected chi connectivity index (χ3v) is 7.07. The Labute approximate surface area is 224 Å². The molecule has 0 atom stereocenters. The van der Waals surface area contributed by atoms with Gasteiger partial charge in [-0.25, -0.2) is 4.98 Å². The van der Waals surface area contributed by atoms with Gasteiger partial charge in [0, 0.05) is 54.8 Å². The van der Waals surface area contributed by atoms with Gasteiger partial charge in [0.15, 0.2) is 0 Å². The number of H-pyrrole nitrogens is 1. The first-order valence-electron chi connectivity index (χ1n) is 13.4. The Hall–Kier alpha value is -3.91. The highest BCUT2D eigenvalue weighted by Crippen LogP contribution is 2.35. The molecule has 0 bridgehead atoms. The lowest BCUT2D eigenvalue weighted by Crippen LogP contribution is -2.47. The number of anilines is 4. The van der Waals surface area contributed by atoms with Gasteiger partial charge in [0.05, 0.1) is 17.3 Å². The van der Waals surface area contributed by atoms with Gasteiger partial charge in [0.2, 0.25) is 0 Å². The molecular formula is C30H37N7O. The molecule has 1 fully saturated rings. The van der Waals surface area contributed by atoms with Crippen LogP contribution >= 0.6 is 0 Å². The number of carbonyl (C=O) groups excluding carboxylic acids is 1. The number of amides is 1. The van der Waals surface area contributed by atoms with E-state index in [0.717, 1.165) is 55.0 Å². The van der Waals surface area contributed by atoms with Crippen LogP contribution in [0.2, 0.25) is 0 Å². The quantitative estimate of drug-likeness (QED) is 0.291. The van der Waals surface area contributed by atoms with Crippen molar-refractivity contribution in [2.45, 2.75) is 39.5 Å². The lowest BCUT2D eigenvalue weighted by Gasteiger charge is -2.38. The molecule has 5 rings (SSSR count). The maximum absolute atomic E-state index is 13.5. The van der Waals surface area contributed by atoms with Gasteiger partial charge in [0.1, 0.15) is 5.82 Å². The fourth-order valence-electron chi connectivity index (χ4n) is 5.07. The van der Waals surface area contributed by atoms with Gasteiger partial charge in [-0.15, -0.1) is 0 Å². The minimum Gasteiger partial charge on any atom is -0.369 e. The second-order valence-corrected chi connectivity index (χ2v) is 11.0. The average molecular weight is 512 g/mol. The van der Waals surface area contributed by atoms with Crippen molar-refractivity contribution in [2.24, 2.45) is 0 Å². The molecule has 2 aromatic heterocycles. The highest BCUT2D eigenvalue weighted by atomic mass is 16.1. The van der Waals surface area contributed by atoms with E-state index in [1.165, 1.54) is 17.7 Å². The van der Waals surface area contributed by atoms with E-state index in [4.69, 9.17) is 0 Å². The maximum atomic E-state index is 13.5. The molecular weight excluding hydrogens is 474 g/mol. The first-order chi connectivity index (χ1) is 18.3. The van der Waals surface area contributed by atoms with Crippen LogP contribution in [0, 0.1) is 0 Å². The van der Waals surface area contributed by atoms with E-state index >= 15 is 0 Å². The maximum Gasteiger partial charge on any atom is 0.259 e. The van der Waals surface area contributed by atoms with Gasteiger partial charge in [-0.3, -0.25) is 14.8 Å². The molecule has 8 heteroatoms. The summed E-state index contributed by atoms with van der Waals surface area (Å²) in [5.41, 5.74) is 5.48. The van der Waals surface area contributed by atoms with E-state index in [2.05, 4.69) is 75.4 Å². The molecule has 0 radical (unpaired) electrons. The highest BCUT2D eigenvalue weighted by molar-refractivity contribution is 6.08. The Morgan fingerprint density at radius 1 is 1.03 bits per heavy atom. The normalized spacial score (nSPS) is 14.6. The van der Waals surface area contributed by atoms with Crippen LogP contribution in [0.5, 0.6) is 0 Å². The summed E-state index contributed by atoms with van der Waals surface area (Å²) in [4.78, 5) is 22.9. The number of pyridine rings is 1. The number of hydrogen-bond acceptors (Lipinski definition) is 6. The van der Waals surface area contributed by atoms with E-state index in [-0.39, 0.29) is 11.3 Å². The number of aromatic nitrogens is 3. The predicted octanol–water partition coefficient (Wildman–Crippen LogP) is 5.78. The third-order valence-electron chi connectivity index (χ3n) is 7.07. The first-order valence-corrected chi connectivity index (χ1v) is 13.4. The van der Waals surface area contributed by atoms with Gasteiger partial charge >= 0.3 is 0 Å². The van der Waals surface area contributed by atoms with Crippen LogP contribution in [0.1, 0.15) is 50.0 Å². The van der Waals surface area contributed by atoms with E-state index in [1.54, 1.807) is 24.5 Å². The molecule has 2 aromatic carbocycles. The average Bonchev–Trinajstić information content (AvgIpc) is 3.37. The van der Waals surface area contributed by atoms with E-state index in [0.29, 0.717) is 11.4 Å². The number of rotatable bonds is 7. The molecule has 198 valence electrons. The molecule has 8 nitrogen and oxygen atoms in total. The van der Waals surface area contributed by atoms with Crippen molar-refractivity contribution in [3.8, 4) is 0 Å². The number of aromatic amines is 1. The minimum absolute atomic E-state index is 0.00534. The van der Waals surface area contributed by atoms with Gasteiger partial charge in [-0.2, -0.15) is 5.10 Å². The summed E-state index contributed by atoms with van der Waals surface area (Å²) < 4.78 is 0. The summed E-state index contributed by atoms with van der Waals surface area (Å²) in [5, 5.41) is 14.5. The van der Waals surface area contributed by atoms with E-state index in [1.807, 2.05) is 24.3 Å². The number of nitrogens with zero attached hydrogens (tertiary/aromatic N) is 4. The number of benzene rings is 2. The summed E-state index contributed by atoms with van der Waals surface area (Å²) in [6.07, 6.45) is 4.64. The van der Waals surface area contributed by atoms with Gasteiger partial charge in [-0.1, -0.05) is 33.8 Å². The standard InChI is InChI=1S/C30H37N7O/c1-5-13-36-14-16-37(17-15-36)27-19-23(10-11-25(27)30(2,3)4)34-29(38)24-7-6-12-31-28(24)33-22-9-8-21-20-32-35-26(21)18-22/h6-12,18-20H,5,13-17H2,1-4H3,(H,31,33)(H,32,35)(H,34,38). The van der Waals surface area contributed by atoms with Crippen molar-refractivity contribution in [3.05, 3.63) is 72.1 Å². The molecule has 0 unspecified atom stereocenters. The number of piperazine rings is 1. The zero-order valence-corrected chi connectivity index (χ0v) is 22.7. The van der Waals surface area contributed by atoms with Crippen LogP contribution in [-0.2, 0) is 5.41 Å². The Bertz CT molecular complexity index is 1410. The highest BCUT2D eigenvalue weighted by Gasteiger charge is 2.25. The molecule has 0 saturated carbocycles. The van der Waals surface area contributed by atoms with Crippen molar-refractivity contribution >= 4 is 39.7 Å². The topological polar surface area (TPSA) is 89.2 Å². The van der Waals surface area contributed by atoms with Crippen molar-refractivity contribution < 1.29 is 4.79 Å². The van der Waals surface area contributed by atoms with Gasteiger partial charge in [0.25, 0.3) is 5.91 Å². The number of carbonyl (C=O) groups is 1. The Kier molecular flexibility index (Phi) is 7.33. The van der Waals surface area contributed by atoms with Crippen molar-refractivity contribution in [3.63, 3.8) is 0 Å². The van der Waals surface area contributed by atoms with Crippen molar-refractivity contribution in [2.75, 3.05) is 48.3 Å². The summed E-state index contributed by atoms with van der Waals surface area (Å²) in [7, 11) is 0. The molecule has 1 aliphatic heterocycles. The van der Waals surface area contributed by atoms with Gasteiger partial charge < -0.3 is 15.5 Å². The third kappa shape index (κ3) is 5.65. The Balaban J connectivity index is 1.37. The zero-order valence-electron chi connectivity index (χ0n) is 22.7. The lowest BCUT2D eigenvalue weighted by atomic mass is 9.85. The smallest absolute Gasteiger partial charge is 0.259 e. The van der Waals surface area contributed by atoms with Crippen LogP contribution in [0.15, 0.2) is 60.9 Å². The van der Waals surface area contributed by atoms with E-state index in [9.17, 15) is 4.79 Å². The molecule has 1 amide bonds. The van der Waals surface area contributed by atoms with Crippen molar-refractivity contribution in [1.82, 2.24) is 20.1 Å². The Morgan fingerprint density at radius 3 is 2.58 bits per heavy atom. The lowest BCUT2D eigenvalue weighted by molar-refractivity contribution is 0.102. The fraction of sp³-hybridized carbons (Fsp3) is 0.367. The van der Waals surface area contributed by atoms with Crippen LogP contribution < -0.4 is 15.5 Å². The van der Waals surface area contributed by atoms with Gasteiger partial charge in [-0.05, 0) is 66.4 Å². The first kappa shape index (κ1) is 25.7. The van der Waals surface area contributed by atoms with Crippen LogP contribution in [0.4, 0.5) is 22.9 Å². The SMILES string of the molecule is CCCN1CCN(c2cc(NC(=O)c3cccnc3Nc3ccc4cn[nH]c4c3)ccc2C(C)(C)C)CC1. The number of fused-ring (bicyclic) bond motifs is 1. The minimum atomic E-state index is -0.203. The van der Waals surface area contributed by atoms with Crippen LogP contribution in [-0.4, -0.2) is 58.7 Å². The summed E-state index contributed by atoms with van der Waals surface area (Å²) in [6.45, 7) is 14.2. The van der Waals surface area contributed by atoms with E-state index < -0.39 is 0 Å². The van der Waals surface area contributed by atoms with Crippen LogP contribution in [0.25, 0.3) is 10.9 Å². The monoisotopic (exact) mass is 511 g/mol. The fourth-order valence-corrected chi connectivity index (χ4v) is 5.07. The molecule has 38 heavy (non-hydrogen) atoms. The molecule has 3 N–H and O–H groups in total. The summed E-state index contributed by atoms with van der Waals surface area (Å²) >= 11 is 0. The zero-order chi connectivity index (χ0) is 26.7. The summed E-state index contributed by atoms with van der Waals surface area (Å²) in [6, 6.07) is 15.7. The number of hydrogen-bond donors (Lipinski definition) is 3. The molecule has 3 heterocycles. The Morgan fingerprint density at radius 2 is 1.82 bits per heavy atom. The largest absolute Gasteiger partial charge is 0.369 e. The number of nitrogens with one attached hydrogen (secondary N) is 3. The summed E-state index contributed by atoms with van der Waals surface area (Å²) in [5.74, 6) is 0.299. The van der Waals surface area contributed by atoms with Crippen LogP contribution in [0.3, 0.4) is 0 Å². The molecule has 4 aromatic rings. The molecule has 1 saturated heterocycles. The molecule has 0 aliphatic carbocycles. The van der Waals surface area contributed by atoms with Crippen molar-refractivity contribution in [1.29, 1.82) is 0 Å².